The van der Waals surface area contributed by atoms with Crippen molar-refractivity contribution in [1.29, 1.82) is 0 Å². The maximum Gasteiger partial charge on any atom is 0.241 e. The van der Waals surface area contributed by atoms with Gasteiger partial charge >= 0.3 is 0 Å². The molecule has 0 saturated heterocycles. The first kappa shape index (κ1) is 14.6. The Morgan fingerprint density at radius 3 is 2.70 bits per heavy atom. The largest absolute Gasteiger partial charge is 0.329 e. The topological polar surface area (TPSA) is 72.9 Å². The molecule has 1 atom stereocenters. The number of thioether (sulfide) groups is 1. The monoisotopic (exact) mass is 290 g/mol. The van der Waals surface area contributed by atoms with Crippen molar-refractivity contribution in [3.63, 3.8) is 0 Å². The quantitative estimate of drug-likeness (QED) is 0.381. The van der Waals surface area contributed by atoms with E-state index in [1.165, 1.54) is 5.56 Å². The number of aromatic nitrogens is 2. The van der Waals surface area contributed by atoms with E-state index in [4.69, 9.17) is 5.84 Å². The van der Waals surface area contributed by atoms with Crippen LogP contribution >= 0.6 is 11.8 Å². The number of rotatable bonds is 5. The molecule has 1 heterocycles. The molecule has 0 fully saturated rings. The van der Waals surface area contributed by atoms with E-state index in [1.807, 2.05) is 49.0 Å². The van der Waals surface area contributed by atoms with Crippen LogP contribution in [0.3, 0.4) is 0 Å². The van der Waals surface area contributed by atoms with Crippen molar-refractivity contribution in [2.75, 3.05) is 0 Å². The van der Waals surface area contributed by atoms with E-state index in [1.54, 1.807) is 18.0 Å². The van der Waals surface area contributed by atoms with Gasteiger partial charge in [-0.3, -0.25) is 10.2 Å². The van der Waals surface area contributed by atoms with Crippen LogP contribution in [0.4, 0.5) is 0 Å². The zero-order valence-electron chi connectivity index (χ0n) is 11.5. The summed E-state index contributed by atoms with van der Waals surface area (Å²) in [7, 11) is 1.98. The summed E-state index contributed by atoms with van der Waals surface area (Å²) in [4.78, 5) is 15.7. The van der Waals surface area contributed by atoms with E-state index in [9.17, 15) is 4.79 Å². The minimum absolute atomic E-state index is 0.180. The Morgan fingerprint density at radius 2 is 2.15 bits per heavy atom. The zero-order chi connectivity index (χ0) is 14.5. The molecule has 6 heteroatoms. The van der Waals surface area contributed by atoms with E-state index in [-0.39, 0.29) is 11.8 Å². The third kappa shape index (κ3) is 3.40. The summed E-state index contributed by atoms with van der Waals surface area (Å²) < 4.78 is 1.99. The predicted octanol–water partition coefficient (Wildman–Crippen LogP) is 1.81. The standard InChI is InChI=1S/C14H18N4OS/c1-10(13(19)17-15)12-5-3-11(4-6-12)9-20-14-16-7-8-18(14)2/h3-8,10H,9,15H2,1-2H3,(H,17,19). The fraction of sp³-hybridized carbons (Fsp3) is 0.286. The number of nitrogens with one attached hydrogen (secondary N) is 1. The van der Waals surface area contributed by atoms with Gasteiger partial charge in [-0.25, -0.2) is 10.8 Å². The molecule has 0 aliphatic carbocycles. The lowest BCUT2D eigenvalue weighted by molar-refractivity contribution is -0.122. The van der Waals surface area contributed by atoms with Gasteiger partial charge in [0.1, 0.15) is 0 Å². The van der Waals surface area contributed by atoms with Gasteiger partial charge in [0.25, 0.3) is 0 Å². The van der Waals surface area contributed by atoms with E-state index >= 15 is 0 Å². The molecule has 0 aliphatic rings. The molecule has 0 radical (unpaired) electrons. The van der Waals surface area contributed by atoms with Crippen LogP contribution < -0.4 is 11.3 Å². The van der Waals surface area contributed by atoms with Gasteiger partial charge in [-0.15, -0.1) is 0 Å². The smallest absolute Gasteiger partial charge is 0.241 e. The molecule has 2 rings (SSSR count). The fourth-order valence-corrected chi connectivity index (χ4v) is 2.71. The van der Waals surface area contributed by atoms with Gasteiger partial charge in [0, 0.05) is 25.2 Å². The zero-order valence-corrected chi connectivity index (χ0v) is 12.4. The van der Waals surface area contributed by atoms with Crippen LogP contribution in [0.2, 0.25) is 0 Å². The molecule has 0 aliphatic heterocycles. The van der Waals surface area contributed by atoms with Crippen molar-refractivity contribution in [1.82, 2.24) is 15.0 Å². The number of nitrogens with zero attached hydrogens (tertiary/aromatic N) is 2. The molecule has 5 nitrogen and oxygen atoms in total. The van der Waals surface area contributed by atoms with Gasteiger partial charge < -0.3 is 4.57 Å². The van der Waals surface area contributed by atoms with Crippen molar-refractivity contribution in [2.24, 2.45) is 12.9 Å². The molecular formula is C14H18N4OS. The highest BCUT2D eigenvalue weighted by molar-refractivity contribution is 7.98. The van der Waals surface area contributed by atoms with Crippen molar-refractivity contribution in [3.8, 4) is 0 Å². The third-order valence-corrected chi connectivity index (χ3v) is 4.29. The number of carbonyl (C=O) groups excluding carboxylic acids is 1. The molecule has 1 amide bonds. The summed E-state index contributed by atoms with van der Waals surface area (Å²) in [6.45, 7) is 1.83. The second-order valence-electron chi connectivity index (χ2n) is 4.58. The summed E-state index contributed by atoms with van der Waals surface area (Å²) in [5, 5.41) is 0.991. The van der Waals surface area contributed by atoms with Crippen LogP contribution in [0.5, 0.6) is 0 Å². The lowest BCUT2D eigenvalue weighted by Crippen LogP contribution is -2.33. The average molecular weight is 290 g/mol. The lowest BCUT2D eigenvalue weighted by Gasteiger charge is -2.10. The van der Waals surface area contributed by atoms with Gasteiger partial charge in [-0.05, 0) is 18.1 Å². The molecule has 0 bridgehead atoms. The highest BCUT2D eigenvalue weighted by atomic mass is 32.2. The van der Waals surface area contributed by atoms with Crippen molar-refractivity contribution in [2.45, 2.75) is 23.8 Å². The van der Waals surface area contributed by atoms with Gasteiger partial charge in [-0.2, -0.15) is 0 Å². The van der Waals surface area contributed by atoms with Crippen LogP contribution in [-0.4, -0.2) is 15.5 Å². The van der Waals surface area contributed by atoms with E-state index in [0.717, 1.165) is 16.5 Å². The van der Waals surface area contributed by atoms with Crippen molar-refractivity contribution >= 4 is 17.7 Å². The van der Waals surface area contributed by atoms with Crippen molar-refractivity contribution in [3.05, 3.63) is 47.8 Å². The highest BCUT2D eigenvalue weighted by Gasteiger charge is 2.13. The number of nitrogens with two attached hydrogens (primary N) is 1. The minimum Gasteiger partial charge on any atom is -0.329 e. The van der Waals surface area contributed by atoms with Gasteiger partial charge in [0.2, 0.25) is 5.91 Å². The first-order valence-electron chi connectivity index (χ1n) is 6.31. The Labute approximate surface area is 122 Å². The Hall–Kier alpha value is -1.79. The van der Waals surface area contributed by atoms with E-state index in [0.29, 0.717) is 0 Å². The summed E-state index contributed by atoms with van der Waals surface area (Å²) >= 11 is 1.68. The van der Waals surface area contributed by atoms with Crippen LogP contribution in [0.1, 0.15) is 24.0 Å². The maximum absolute atomic E-state index is 11.5. The highest BCUT2D eigenvalue weighted by Crippen LogP contribution is 2.22. The number of carbonyl (C=O) groups is 1. The maximum atomic E-state index is 11.5. The van der Waals surface area contributed by atoms with Crippen LogP contribution in [0.15, 0.2) is 41.8 Å². The van der Waals surface area contributed by atoms with Gasteiger partial charge in [0.15, 0.2) is 5.16 Å². The predicted molar refractivity (Wildman–Crippen MR) is 80.0 cm³/mol. The SMILES string of the molecule is CC(C(=O)NN)c1ccc(CSc2nccn2C)cc1. The van der Waals surface area contributed by atoms with Gasteiger partial charge in [0.05, 0.1) is 5.92 Å². The van der Waals surface area contributed by atoms with Crippen LogP contribution in [0, 0.1) is 0 Å². The lowest BCUT2D eigenvalue weighted by atomic mass is 10.00. The third-order valence-electron chi connectivity index (χ3n) is 3.16. The number of aryl methyl sites for hydroxylation is 1. The molecule has 0 spiro atoms. The molecule has 1 aromatic carbocycles. The molecule has 1 unspecified atom stereocenters. The minimum atomic E-state index is -0.240. The Bertz CT molecular complexity index is 579. The molecular weight excluding hydrogens is 272 g/mol. The Balaban J connectivity index is 1.98. The van der Waals surface area contributed by atoms with Crippen LogP contribution in [0.25, 0.3) is 0 Å². The second kappa shape index (κ2) is 6.58. The molecule has 2 aromatic rings. The number of hydrogen-bond donors (Lipinski definition) is 2. The normalized spacial score (nSPS) is 12.2. The summed E-state index contributed by atoms with van der Waals surface area (Å²) in [5.74, 6) is 5.57. The first-order valence-corrected chi connectivity index (χ1v) is 7.29. The second-order valence-corrected chi connectivity index (χ2v) is 5.52. The molecule has 3 N–H and O–H groups in total. The Kier molecular flexibility index (Phi) is 4.81. The fourth-order valence-electron chi connectivity index (χ4n) is 1.82. The average Bonchev–Trinajstić information content (AvgIpc) is 2.89. The summed E-state index contributed by atoms with van der Waals surface area (Å²) in [6.07, 6.45) is 3.72. The van der Waals surface area contributed by atoms with E-state index in [2.05, 4.69) is 10.4 Å². The molecule has 0 saturated carbocycles. The van der Waals surface area contributed by atoms with E-state index < -0.39 is 0 Å². The first-order chi connectivity index (χ1) is 9.61. The number of hydrogen-bond acceptors (Lipinski definition) is 4. The molecule has 106 valence electrons. The van der Waals surface area contributed by atoms with Crippen molar-refractivity contribution < 1.29 is 4.79 Å². The number of benzene rings is 1. The summed E-state index contributed by atoms with van der Waals surface area (Å²) in [6, 6.07) is 8.00. The number of hydrazine groups is 1. The van der Waals surface area contributed by atoms with Crippen LogP contribution in [-0.2, 0) is 17.6 Å². The molecule has 1 aromatic heterocycles. The number of amides is 1. The number of imidazole rings is 1. The summed E-state index contributed by atoms with van der Waals surface area (Å²) in [5.41, 5.74) is 4.33. The Morgan fingerprint density at radius 1 is 1.45 bits per heavy atom. The molecule has 20 heavy (non-hydrogen) atoms. The van der Waals surface area contributed by atoms with Gasteiger partial charge in [-0.1, -0.05) is 36.0 Å².